The second kappa shape index (κ2) is 11.1. The fourth-order valence-electron chi connectivity index (χ4n) is 3.94. The van der Waals surface area contributed by atoms with Gasteiger partial charge in [-0.1, -0.05) is 30.3 Å². The summed E-state index contributed by atoms with van der Waals surface area (Å²) in [6, 6.07) is 20.3. The van der Waals surface area contributed by atoms with Crippen LogP contribution in [0.25, 0.3) is 5.69 Å². The van der Waals surface area contributed by atoms with E-state index in [2.05, 4.69) is 25.7 Å². The number of anilines is 1. The van der Waals surface area contributed by atoms with Crippen LogP contribution in [0.1, 0.15) is 38.7 Å². The van der Waals surface area contributed by atoms with Crippen LogP contribution in [0, 0.1) is 0 Å². The highest BCUT2D eigenvalue weighted by Gasteiger charge is 2.16. The number of imidazole rings is 1. The Morgan fingerprint density at radius 2 is 1.68 bits per heavy atom. The van der Waals surface area contributed by atoms with Crippen molar-refractivity contribution in [3.8, 4) is 5.69 Å². The van der Waals surface area contributed by atoms with Crippen LogP contribution in [0.5, 0.6) is 0 Å². The van der Waals surface area contributed by atoms with Crippen LogP contribution in [-0.4, -0.2) is 36.1 Å². The number of amides is 2. The Labute approximate surface area is 213 Å². The molecular formula is C28H25N7O2. The summed E-state index contributed by atoms with van der Waals surface area (Å²) in [5, 5.41) is 10.3. The van der Waals surface area contributed by atoms with Gasteiger partial charge in [0.1, 0.15) is 0 Å². The van der Waals surface area contributed by atoms with Crippen LogP contribution >= 0.6 is 0 Å². The van der Waals surface area contributed by atoms with Crippen molar-refractivity contribution in [2.75, 3.05) is 5.32 Å². The molecule has 0 aliphatic carbocycles. The zero-order chi connectivity index (χ0) is 25.5. The molecule has 0 saturated carbocycles. The van der Waals surface area contributed by atoms with Crippen molar-refractivity contribution in [3.05, 3.63) is 127 Å². The number of benzene rings is 2. The smallest absolute Gasteiger partial charge is 0.257 e. The lowest BCUT2D eigenvalue weighted by Gasteiger charge is -2.20. The van der Waals surface area contributed by atoms with Gasteiger partial charge in [-0.15, -0.1) is 0 Å². The average Bonchev–Trinajstić information content (AvgIpc) is 3.64. The summed E-state index contributed by atoms with van der Waals surface area (Å²) < 4.78 is 3.63. The summed E-state index contributed by atoms with van der Waals surface area (Å²) in [7, 11) is 0. The van der Waals surface area contributed by atoms with Crippen molar-refractivity contribution in [1.82, 2.24) is 29.6 Å². The lowest BCUT2D eigenvalue weighted by molar-refractivity contribution is 0.0933. The predicted molar refractivity (Wildman–Crippen MR) is 139 cm³/mol. The third-order valence-corrected chi connectivity index (χ3v) is 5.90. The Morgan fingerprint density at radius 1 is 0.838 bits per heavy atom. The lowest BCUT2D eigenvalue weighted by Crippen LogP contribution is -2.29. The molecule has 0 unspecified atom stereocenters. The van der Waals surface area contributed by atoms with Gasteiger partial charge in [0, 0.05) is 36.9 Å². The van der Waals surface area contributed by atoms with Gasteiger partial charge >= 0.3 is 0 Å². The monoisotopic (exact) mass is 491 g/mol. The van der Waals surface area contributed by atoms with Crippen molar-refractivity contribution in [2.24, 2.45) is 0 Å². The number of carbonyl (C=O) groups excluding carboxylic acids is 2. The Bertz CT molecular complexity index is 1450. The first kappa shape index (κ1) is 23.7. The zero-order valence-corrected chi connectivity index (χ0v) is 19.9. The molecule has 0 spiro atoms. The van der Waals surface area contributed by atoms with E-state index in [1.165, 1.54) is 6.20 Å². The molecule has 0 bridgehead atoms. The molecule has 3 aromatic heterocycles. The van der Waals surface area contributed by atoms with Crippen LogP contribution in [-0.2, 0) is 6.54 Å². The Morgan fingerprint density at radius 3 is 2.41 bits per heavy atom. The second-order valence-electron chi connectivity index (χ2n) is 8.44. The first-order chi connectivity index (χ1) is 18.2. The number of nitrogens with zero attached hydrogens (tertiary/aromatic N) is 5. The van der Waals surface area contributed by atoms with Crippen molar-refractivity contribution in [2.45, 2.75) is 19.0 Å². The molecule has 5 aromatic rings. The van der Waals surface area contributed by atoms with Gasteiger partial charge in [0.15, 0.2) is 0 Å². The fraction of sp³-hybridized carbons (Fsp3) is 0.107. The number of hydrogen-bond acceptors (Lipinski definition) is 5. The minimum Gasteiger partial charge on any atom is -0.345 e. The molecule has 0 radical (unpaired) electrons. The number of nitrogens with one attached hydrogen (secondary N) is 2. The van der Waals surface area contributed by atoms with E-state index in [1.54, 1.807) is 60.1 Å². The summed E-state index contributed by atoms with van der Waals surface area (Å²) in [5.74, 6) is -0.420. The SMILES string of the molecule is O=C(Nc1cnn(-c2ccc(C(=O)N[C@H](CCn3ccnc3)c3ccccc3)cc2)c1)c1cccnc1. The molecule has 37 heavy (non-hydrogen) atoms. The van der Waals surface area contributed by atoms with Gasteiger partial charge in [-0.2, -0.15) is 5.10 Å². The van der Waals surface area contributed by atoms with Crippen LogP contribution in [0.3, 0.4) is 0 Å². The van der Waals surface area contributed by atoms with Crippen molar-refractivity contribution < 1.29 is 9.59 Å². The van der Waals surface area contributed by atoms with E-state index < -0.39 is 0 Å². The van der Waals surface area contributed by atoms with Gasteiger partial charge in [-0.25, -0.2) is 9.67 Å². The molecule has 0 aliphatic heterocycles. The highest BCUT2D eigenvalue weighted by Crippen LogP contribution is 2.19. The molecule has 2 N–H and O–H groups in total. The molecule has 184 valence electrons. The molecule has 3 heterocycles. The molecule has 5 rings (SSSR count). The molecule has 2 amide bonds. The largest absolute Gasteiger partial charge is 0.345 e. The number of rotatable bonds is 9. The number of hydrogen-bond donors (Lipinski definition) is 2. The lowest BCUT2D eigenvalue weighted by atomic mass is 10.0. The summed E-state index contributed by atoms with van der Waals surface area (Å²) in [6.45, 7) is 0.734. The van der Waals surface area contributed by atoms with Crippen LogP contribution in [0.15, 0.2) is 110 Å². The number of aryl methyl sites for hydroxylation is 1. The molecule has 0 fully saturated rings. The quantitative estimate of drug-likeness (QED) is 0.320. The summed E-state index contributed by atoms with van der Waals surface area (Å²) in [5.41, 5.74) is 3.37. The molecule has 0 aliphatic rings. The second-order valence-corrected chi connectivity index (χ2v) is 8.44. The first-order valence-electron chi connectivity index (χ1n) is 11.8. The van der Waals surface area contributed by atoms with Gasteiger partial charge < -0.3 is 15.2 Å². The topological polar surface area (TPSA) is 107 Å². The molecule has 9 heteroatoms. The van der Waals surface area contributed by atoms with Crippen LogP contribution in [0.2, 0.25) is 0 Å². The summed E-state index contributed by atoms with van der Waals surface area (Å²) >= 11 is 0. The Balaban J connectivity index is 1.24. The maximum Gasteiger partial charge on any atom is 0.257 e. The van der Waals surface area contributed by atoms with E-state index in [1.807, 2.05) is 53.2 Å². The molecule has 9 nitrogen and oxygen atoms in total. The average molecular weight is 492 g/mol. The van der Waals surface area contributed by atoms with Crippen LogP contribution in [0.4, 0.5) is 5.69 Å². The third-order valence-electron chi connectivity index (χ3n) is 5.90. The number of carbonyl (C=O) groups is 2. The molecule has 2 aromatic carbocycles. The van der Waals surface area contributed by atoms with E-state index in [4.69, 9.17) is 0 Å². The third kappa shape index (κ3) is 5.96. The maximum absolute atomic E-state index is 13.1. The molecule has 0 saturated heterocycles. The standard InChI is InChI=1S/C28H25N7O2/c36-27(33-26(21-5-2-1-3-6-21)12-15-34-16-14-30-20-34)22-8-10-25(11-9-22)35-19-24(18-31-35)32-28(37)23-7-4-13-29-17-23/h1-11,13-14,16-20,26H,12,15H2,(H,32,37)(H,33,36)/t26-/m1/s1. The normalized spacial score (nSPS) is 11.6. The first-order valence-corrected chi connectivity index (χ1v) is 11.8. The van der Waals surface area contributed by atoms with E-state index in [-0.39, 0.29) is 17.9 Å². The van der Waals surface area contributed by atoms with Gasteiger partial charge in [0.05, 0.1) is 41.7 Å². The summed E-state index contributed by atoms with van der Waals surface area (Å²) in [4.78, 5) is 33.5. The van der Waals surface area contributed by atoms with E-state index in [0.29, 0.717) is 16.8 Å². The van der Waals surface area contributed by atoms with Gasteiger partial charge in [-0.05, 0) is 48.4 Å². The Kier molecular flexibility index (Phi) is 7.12. The minimum absolute atomic E-state index is 0.145. The van der Waals surface area contributed by atoms with Crippen molar-refractivity contribution in [1.29, 1.82) is 0 Å². The molecular weight excluding hydrogens is 466 g/mol. The predicted octanol–water partition coefficient (Wildman–Crippen LogP) is 4.28. The van der Waals surface area contributed by atoms with Gasteiger partial charge in [-0.3, -0.25) is 14.6 Å². The van der Waals surface area contributed by atoms with E-state index in [0.717, 1.165) is 24.2 Å². The number of pyridine rings is 1. The van der Waals surface area contributed by atoms with Crippen molar-refractivity contribution in [3.63, 3.8) is 0 Å². The minimum atomic E-state index is -0.263. The fourth-order valence-corrected chi connectivity index (χ4v) is 3.94. The molecule has 1 atom stereocenters. The van der Waals surface area contributed by atoms with Gasteiger partial charge in [0.25, 0.3) is 11.8 Å². The summed E-state index contributed by atoms with van der Waals surface area (Å²) in [6.07, 6.45) is 12.6. The van der Waals surface area contributed by atoms with E-state index in [9.17, 15) is 9.59 Å². The highest BCUT2D eigenvalue weighted by atomic mass is 16.2. The van der Waals surface area contributed by atoms with E-state index >= 15 is 0 Å². The van der Waals surface area contributed by atoms with Crippen LogP contribution < -0.4 is 10.6 Å². The Hall–Kier alpha value is -5.05. The van der Waals surface area contributed by atoms with Gasteiger partial charge in [0.2, 0.25) is 0 Å². The van der Waals surface area contributed by atoms with Crippen molar-refractivity contribution >= 4 is 17.5 Å². The zero-order valence-electron chi connectivity index (χ0n) is 19.9. The highest BCUT2D eigenvalue weighted by molar-refractivity contribution is 6.03. The maximum atomic E-state index is 13.1. The number of aromatic nitrogens is 5.